The first-order valence-corrected chi connectivity index (χ1v) is 11.6. The predicted octanol–water partition coefficient (Wildman–Crippen LogP) is 3.82. The highest BCUT2D eigenvalue weighted by Crippen LogP contribution is 2.37. The lowest BCUT2D eigenvalue weighted by Crippen LogP contribution is -2.39. The zero-order valence-electron chi connectivity index (χ0n) is 18.3. The maximum atomic E-state index is 12.4. The standard InChI is InChI=1S/C26H22N4O3S/c1-26(28,34(32)33)20-8-6-9-21(14-20)30-16-19(24-11-4-5-12-29-24)13-23(25(30)17-31)22-10-3-2-7-18(22)15-27/h2-14,16-17,25H,28H2,1H3,(H,32,33). The Hall–Kier alpha value is -3.90. The minimum absolute atomic E-state index is 0.441. The number of anilines is 1. The van der Waals surface area contributed by atoms with Crippen LogP contribution in [0.3, 0.4) is 0 Å². The summed E-state index contributed by atoms with van der Waals surface area (Å²) in [5.74, 6) is 0. The molecule has 3 atom stereocenters. The molecule has 4 rings (SSSR count). The van der Waals surface area contributed by atoms with E-state index in [1.54, 1.807) is 47.5 Å². The van der Waals surface area contributed by atoms with Crippen LogP contribution in [0.2, 0.25) is 0 Å². The molecular weight excluding hydrogens is 448 g/mol. The molecule has 7 nitrogen and oxygen atoms in total. The number of pyridine rings is 1. The lowest BCUT2D eigenvalue weighted by molar-refractivity contribution is -0.107. The minimum Gasteiger partial charge on any atom is -0.333 e. The van der Waals surface area contributed by atoms with E-state index in [0.29, 0.717) is 33.6 Å². The topological polar surface area (TPSA) is 120 Å². The van der Waals surface area contributed by atoms with Gasteiger partial charge < -0.3 is 20.0 Å². The van der Waals surface area contributed by atoms with E-state index in [1.165, 1.54) is 6.92 Å². The Kier molecular flexibility index (Phi) is 6.52. The molecule has 0 fully saturated rings. The number of allylic oxidation sites excluding steroid dienone is 2. The van der Waals surface area contributed by atoms with Crippen LogP contribution in [0, 0.1) is 11.3 Å². The molecule has 2 aromatic carbocycles. The van der Waals surface area contributed by atoms with Crippen molar-refractivity contribution in [2.75, 3.05) is 4.90 Å². The highest BCUT2D eigenvalue weighted by Gasteiger charge is 2.32. The maximum absolute atomic E-state index is 12.4. The summed E-state index contributed by atoms with van der Waals surface area (Å²) in [6.45, 7) is 1.47. The smallest absolute Gasteiger partial charge is 0.178 e. The molecule has 0 saturated carbocycles. The Morgan fingerprint density at radius 2 is 1.94 bits per heavy atom. The van der Waals surface area contributed by atoms with Gasteiger partial charge in [-0.25, -0.2) is 4.21 Å². The Labute approximate surface area is 200 Å². The van der Waals surface area contributed by atoms with Crippen LogP contribution in [-0.2, 0) is 20.7 Å². The fourth-order valence-electron chi connectivity index (χ4n) is 3.86. The number of aldehydes is 1. The fraction of sp³-hybridized carbons (Fsp3) is 0.115. The largest absolute Gasteiger partial charge is 0.333 e. The van der Waals surface area contributed by atoms with Crippen molar-refractivity contribution < 1.29 is 13.6 Å². The van der Waals surface area contributed by atoms with E-state index < -0.39 is 22.0 Å². The molecule has 1 aliphatic rings. The van der Waals surface area contributed by atoms with Crippen LogP contribution >= 0.6 is 0 Å². The van der Waals surface area contributed by atoms with Crippen LogP contribution in [-0.4, -0.2) is 26.1 Å². The molecule has 0 radical (unpaired) electrons. The average Bonchev–Trinajstić information content (AvgIpc) is 2.88. The monoisotopic (exact) mass is 470 g/mol. The van der Waals surface area contributed by atoms with Gasteiger partial charge in [0.1, 0.15) is 17.2 Å². The Balaban J connectivity index is 1.92. The number of benzene rings is 2. The molecule has 170 valence electrons. The summed E-state index contributed by atoms with van der Waals surface area (Å²) in [6.07, 6.45) is 6.17. The normalized spacial score (nSPS) is 18.2. The van der Waals surface area contributed by atoms with E-state index in [9.17, 15) is 18.8 Å². The molecule has 3 unspecified atom stereocenters. The van der Waals surface area contributed by atoms with Crippen molar-refractivity contribution in [1.82, 2.24) is 4.98 Å². The van der Waals surface area contributed by atoms with Crippen molar-refractivity contribution in [3.8, 4) is 6.07 Å². The molecule has 34 heavy (non-hydrogen) atoms. The average molecular weight is 471 g/mol. The van der Waals surface area contributed by atoms with Gasteiger partial charge in [0.25, 0.3) is 0 Å². The molecule has 8 heteroatoms. The van der Waals surface area contributed by atoms with Crippen LogP contribution < -0.4 is 10.6 Å². The van der Waals surface area contributed by atoms with Crippen LogP contribution in [0.4, 0.5) is 5.69 Å². The third-order valence-corrected chi connectivity index (χ3v) is 6.70. The van der Waals surface area contributed by atoms with Gasteiger partial charge in [0.15, 0.2) is 11.1 Å². The van der Waals surface area contributed by atoms with E-state index in [2.05, 4.69) is 11.1 Å². The first-order valence-electron chi connectivity index (χ1n) is 10.4. The number of nitrogens with zero attached hydrogens (tertiary/aromatic N) is 3. The van der Waals surface area contributed by atoms with Gasteiger partial charge in [-0.2, -0.15) is 5.26 Å². The van der Waals surface area contributed by atoms with Gasteiger partial charge in [0, 0.05) is 23.7 Å². The van der Waals surface area contributed by atoms with Crippen molar-refractivity contribution in [2.45, 2.75) is 17.8 Å². The summed E-state index contributed by atoms with van der Waals surface area (Å²) in [6, 6.07) is 21.0. The lowest BCUT2D eigenvalue weighted by Gasteiger charge is -2.34. The minimum atomic E-state index is -2.31. The van der Waals surface area contributed by atoms with Gasteiger partial charge in [-0.05, 0) is 60.0 Å². The summed E-state index contributed by atoms with van der Waals surface area (Å²) < 4.78 is 21.5. The molecule has 0 spiro atoms. The van der Waals surface area contributed by atoms with Crippen molar-refractivity contribution in [2.24, 2.45) is 5.73 Å². The third-order valence-electron chi connectivity index (χ3n) is 5.74. The molecule has 3 aromatic rings. The van der Waals surface area contributed by atoms with Crippen molar-refractivity contribution >= 4 is 34.2 Å². The number of nitriles is 1. The number of carbonyl (C=O) groups is 1. The second-order valence-electron chi connectivity index (χ2n) is 7.95. The van der Waals surface area contributed by atoms with Gasteiger partial charge in [0.2, 0.25) is 0 Å². The van der Waals surface area contributed by atoms with Crippen molar-refractivity contribution in [3.05, 3.63) is 108 Å². The number of nitrogens with two attached hydrogens (primary N) is 1. The van der Waals surface area contributed by atoms with Crippen molar-refractivity contribution in [3.63, 3.8) is 0 Å². The van der Waals surface area contributed by atoms with Gasteiger partial charge in [-0.15, -0.1) is 0 Å². The van der Waals surface area contributed by atoms with E-state index >= 15 is 0 Å². The van der Waals surface area contributed by atoms with Gasteiger partial charge in [0.05, 0.1) is 17.3 Å². The van der Waals surface area contributed by atoms with Gasteiger partial charge in [-0.3, -0.25) is 4.98 Å². The summed E-state index contributed by atoms with van der Waals surface area (Å²) in [5.41, 5.74) is 10.3. The molecule has 0 amide bonds. The molecule has 0 aliphatic carbocycles. The molecule has 3 N–H and O–H groups in total. The Morgan fingerprint density at radius 3 is 2.62 bits per heavy atom. The number of hydrogen-bond acceptors (Lipinski definition) is 6. The Bertz CT molecular complexity index is 1360. The maximum Gasteiger partial charge on any atom is 0.178 e. The zero-order valence-corrected chi connectivity index (χ0v) is 19.1. The van der Waals surface area contributed by atoms with Crippen LogP contribution in [0.25, 0.3) is 11.1 Å². The van der Waals surface area contributed by atoms with E-state index in [4.69, 9.17) is 5.73 Å². The van der Waals surface area contributed by atoms with Crippen LogP contribution in [0.1, 0.15) is 29.3 Å². The third kappa shape index (κ3) is 4.32. The van der Waals surface area contributed by atoms with Crippen molar-refractivity contribution in [1.29, 1.82) is 5.26 Å². The fourth-order valence-corrected chi connectivity index (χ4v) is 4.19. The predicted molar refractivity (Wildman–Crippen MR) is 132 cm³/mol. The molecule has 1 aliphatic heterocycles. The highest BCUT2D eigenvalue weighted by atomic mass is 32.2. The van der Waals surface area contributed by atoms with E-state index in [-0.39, 0.29) is 0 Å². The lowest BCUT2D eigenvalue weighted by atomic mass is 9.89. The summed E-state index contributed by atoms with van der Waals surface area (Å²) in [7, 11) is 0. The molecular formula is C26H22N4O3S. The highest BCUT2D eigenvalue weighted by molar-refractivity contribution is 7.80. The number of aromatic nitrogens is 1. The van der Waals surface area contributed by atoms with Gasteiger partial charge >= 0.3 is 0 Å². The van der Waals surface area contributed by atoms with Crippen LogP contribution in [0.5, 0.6) is 0 Å². The number of hydrogen-bond donors (Lipinski definition) is 2. The zero-order chi connectivity index (χ0) is 24.3. The molecule has 0 saturated heterocycles. The second kappa shape index (κ2) is 9.53. The second-order valence-corrected chi connectivity index (χ2v) is 9.30. The molecule has 0 bridgehead atoms. The summed E-state index contributed by atoms with van der Waals surface area (Å²) in [4.78, 5) is 17.1. The van der Waals surface area contributed by atoms with Crippen LogP contribution in [0.15, 0.2) is 85.2 Å². The first kappa shape index (κ1) is 23.3. The van der Waals surface area contributed by atoms with Gasteiger partial charge in [-0.1, -0.05) is 36.4 Å². The van der Waals surface area contributed by atoms with E-state index in [1.807, 2.05) is 42.6 Å². The SMILES string of the molecule is CC(N)(c1cccc(N2C=C(c3ccccn3)C=C(c3ccccc3C#N)C2C=O)c1)S(=O)O. The molecule has 1 aromatic heterocycles. The first-order chi connectivity index (χ1) is 16.4. The summed E-state index contributed by atoms with van der Waals surface area (Å²) >= 11 is -2.31. The van der Waals surface area contributed by atoms with E-state index in [0.717, 1.165) is 11.9 Å². The quantitative estimate of drug-likeness (QED) is 0.415. The molecule has 2 heterocycles. The Morgan fingerprint density at radius 1 is 1.18 bits per heavy atom. The summed E-state index contributed by atoms with van der Waals surface area (Å²) in [5, 5.41) is 9.68. The number of rotatable bonds is 6. The number of carbonyl (C=O) groups excluding carboxylic acids is 1.